The molecule has 19 heavy (non-hydrogen) atoms. The van der Waals surface area contributed by atoms with Gasteiger partial charge in [0.1, 0.15) is 0 Å². The van der Waals surface area contributed by atoms with Crippen molar-refractivity contribution in [2.75, 3.05) is 26.3 Å². The number of amides is 1. The van der Waals surface area contributed by atoms with E-state index in [0.717, 1.165) is 0 Å². The third-order valence-electron chi connectivity index (χ3n) is 3.07. The number of rotatable bonds is 3. The Morgan fingerprint density at radius 2 is 2.00 bits per heavy atom. The fraction of sp³-hybridized carbons (Fsp3) is 0.917. The van der Waals surface area contributed by atoms with Crippen molar-refractivity contribution in [3.05, 3.63) is 0 Å². The van der Waals surface area contributed by atoms with Crippen LogP contribution in [0.4, 0.5) is 0 Å². The Balaban J connectivity index is 1.91. The zero-order chi connectivity index (χ0) is 14.0. The molecule has 110 valence electrons. The Bertz CT molecular complexity index is 323. The summed E-state index contributed by atoms with van der Waals surface area (Å²) in [5.41, 5.74) is 0. The zero-order valence-corrected chi connectivity index (χ0v) is 11.2. The molecule has 2 fully saturated rings. The largest absolute Gasteiger partial charge is 0.390 e. The Labute approximate surface area is 112 Å². The summed E-state index contributed by atoms with van der Waals surface area (Å²) in [6.45, 7) is 4.95. The fourth-order valence-electron chi connectivity index (χ4n) is 2.21. The predicted octanol–water partition coefficient (Wildman–Crippen LogP) is -0.934. The van der Waals surface area contributed by atoms with Crippen LogP contribution >= 0.6 is 0 Å². The number of hydrogen-bond acceptors (Lipinski definition) is 6. The second-order valence-electron chi connectivity index (χ2n) is 5.29. The Morgan fingerprint density at radius 3 is 2.58 bits per heavy atom. The first kappa shape index (κ1) is 14.7. The fourth-order valence-corrected chi connectivity index (χ4v) is 2.21. The molecule has 0 radical (unpaired) electrons. The van der Waals surface area contributed by atoms with E-state index in [4.69, 9.17) is 14.2 Å². The van der Waals surface area contributed by atoms with E-state index in [1.807, 2.05) is 0 Å². The van der Waals surface area contributed by atoms with Crippen molar-refractivity contribution in [1.82, 2.24) is 4.90 Å². The van der Waals surface area contributed by atoms with Crippen LogP contribution in [0.3, 0.4) is 0 Å². The minimum absolute atomic E-state index is 0.171. The summed E-state index contributed by atoms with van der Waals surface area (Å²) in [5.74, 6) is -1.61. The average Bonchev–Trinajstić information content (AvgIpc) is 2.68. The molecule has 0 aromatic rings. The van der Waals surface area contributed by atoms with Gasteiger partial charge < -0.3 is 29.3 Å². The van der Waals surface area contributed by atoms with Gasteiger partial charge in [-0.05, 0) is 13.8 Å². The standard InChI is InChI=1S/C12H21NO6/c1-12(2,16)19-9-7-8(14)10(18-9)11(15)13-3-5-17-6-4-13/h8-10,14,16H,3-7H2,1-2H3/t8-,9-,10+/m0/s1. The third kappa shape index (κ3) is 3.87. The lowest BCUT2D eigenvalue weighted by Gasteiger charge is -2.30. The minimum atomic E-state index is -1.36. The van der Waals surface area contributed by atoms with Gasteiger partial charge in [-0.15, -0.1) is 0 Å². The second kappa shape index (κ2) is 5.72. The van der Waals surface area contributed by atoms with Crippen LogP contribution in [0, 0.1) is 0 Å². The zero-order valence-electron chi connectivity index (χ0n) is 11.2. The van der Waals surface area contributed by atoms with E-state index in [0.29, 0.717) is 26.3 Å². The summed E-state index contributed by atoms with van der Waals surface area (Å²) in [4.78, 5) is 13.8. The molecule has 0 aliphatic carbocycles. The van der Waals surface area contributed by atoms with Crippen molar-refractivity contribution in [3.63, 3.8) is 0 Å². The Hall–Kier alpha value is -0.730. The number of carbonyl (C=O) groups excluding carboxylic acids is 1. The van der Waals surface area contributed by atoms with Crippen LogP contribution in [0.2, 0.25) is 0 Å². The SMILES string of the molecule is CC(C)(O)O[C@H]1C[C@H](O)[C@H](C(=O)N2CCOCC2)O1. The molecule has 0 unspecified atom stereocenters. The summed E-state index contributed by atoms with van der Waals surface area (Å²) in [7, 11) is 0. The van der Waals surface area contributed by atoms with Crippen LogP contribution in [0.25, 0.3) is 0 Å². The lowest BCUT2D eigenvalue weighted by Crippen LogP contribution is -2.48. The summed E-state index contributed by atoms with van der Waals surface area (Å²) < 4.78 is 15.8. The molecule has 0 aromatic heterocycles. The maximum atomic E-state index is 12.2. The summed E-state index contributed by atoms with van der Waals surface area (Å²) >= 11 is 0. The Kier molecular flexibility index (Phi) is 4.42. The maximum absolute atomic E-state index is 12.2. The van der Waals surface area contributed by atoms with Gasteiger partial charge in [-0.3, -0.25) is 4.79 Å². The first-order valence-corrected chi connectivity index (χ1v) is 6.47. The van der Waals surface area contributed by atoms with E-state index < -0.39 is 24.3 Å². The summed E-state index contributed by atoms with van der Waals surface area (Å²) in [5, 5.41) is 19.4. The van der Waals surface area contributed by atoms with E-state index in [2.05, 4.69) is 0 Å². The molecule has 2 N–H and O–H groups in total. The van der Waals surface area contributed by atoms with Gasteiger partial charge in [0.05, 0.1) is 19.3 Å². The highest BCUT2D eigenvalue weighted by Crippen LogP contribution is 2.26. The van der Waals surface area contributed by atoms with Crippen LogP contribution < -0.4 is 0 Å². The van der Waals surface area contributed by atoms with E-state index in [1.165, 1.54) is 13.8 Å². The first-order chi connectivity index (χ1) is 8.87. The number of aliphatic hydroxyl groups excluding tert-OH is 1. The van der Waals surface area contributed by atoms with Crippen LogP contribution in [0.1, 0.15) is 20.3 Å². The molecule has 2 aliphatic rings. The predicted molar refractivity (Wildman–Crippen MR) is 64.1 cm³/mol. The molecule has 0 spiro atoms. The van der Waals surface area contributed by atoms with Crippen molar-refractivity contribution in [2.45, 2.75) is 44.6 Å². The molecular weight excluding hydrogens is 254 g/mol. The highest BCUT2D eigenvalue weighted by molar-refractivity contribution is 5.82. The topological polar surface area (TPSA) is 88.5 Å². The number of carbonyl (C=O) groups is 1. The van der Waals surface area contributed by atoms with E-state index in [1.54, 1.807) is 4.90 Å². The quantitative estimate of drug-likeness (QED) is 0.647. The van der Waals surface area contributed by atoms with Crippen LogP contribution in [0.15, 0.2) is 0 Å². The number of nitrogens with zero attached hydrogens (tertiary/aromatic N) is 1. The van der Waals surface area contributed by atoms with Gasteiger partial charge in [-0.2, -0.15) is 0 Å². The lowest BCUT2D eigenvalue weighted by molar-refractivity contribution is -0.268. The molecule has 0 aromatic carbocycles. The molecule has 0 saturated carbocycles. The number of aliphatic hydroxyl groups is 2. The molecule has 2 rings (SSSR count). The number of morpholine rings is 1. The number of ether oxygens (including phenoxy) is 3. The molecule has 7 heteroatoms. The normalized spacial score (nSPS) is 32.6. The highest BCUT2D eigenvalue weighted by atomic mass is 16.7. The maximum Gasteiger partial charge on any atom is 0.254 e. The molecule has 3 atom stereocenters. The van der Waals surface area contributed by atoms with Crippen LogP contribution in [-0.4, -0.2) is 71.6 Å². The van der Waals surface area contributed by atoms with Gasteiger partial charge in [-0.1, -0.05) is 0 Å². The van der Waals surface area contributed by atoms with Gasteiger partial charge in [0.2, 0.25) is 0 Å². The van der Waals surface area contributed by atoms with Crippen molar-refractivity contribution in [3.8, 4) is 0 Å². The minimum Gasteiger partial charge on any atom is -0.390 e. The van der Waals surface area contributed by atoms with Crippen molar-refractivity contribution in [2.24, 2.45) is 0 Å². The van der Waals surface area contributed by atoms with Crippen molar-refractivity contribution < 1.29 is 29.2 Å². The van der Waals surface area contributed by atoms with Gasteiger partial charge >= 0.3 is 0 Å². The molecule has 2 saturated heterocycles. The van der Waals surface area contributed by atoms with Crippen molar-refractivity contribution in [1.29, 1.82) is 0 Å². The second-order valence-corrected chi connectivity index (χ2v) is 5.29. The molecule has 7 nitrogen and oxygen atoms in total. The van der Waals surface area contributed by atoms with E-state index >= 15 is 0 Å². The van der Waals surface area contributed by atoms with Crippen LogP contribution in [0.5, 0.6) is 0 Å². The Morgan fingerprint density at radius 1 is 1.37 bits per heavy atom. The smallest absolute Gasteiger partial charge is 0.254 e. The van der Waals surface area contributed by atoms with Gasteiger partial charge in [0.25, 0.3) is 5.91 Å². The summed E-state index contributed by atoms with van der Waals surface area (Å²) in [6, 6.07) is 0. The average molecular weight is 275 g/mol. The highest BCUT2D eigenvalue weighted by Gasteiger charge is 2.43. The molecule has 1 amide bonds. The third-order valence-corrected chi connectivity index (χ3v) is 3.07. The monoisotopic (exact) mass is 275 g/mol. The first-order valence-electron chi connectivity index (χ1n) is 6.47. The molecule has 0 bridgehead atoms. The number of hydrogen-bond donors (Lipinski definition) is 2. The summed E-state index contributed by atoms with van der Waals surface area (Å²) in [6.07, 6.45) is -2.44. The molecular formula is C12H21NO6. The van der Waals surface area contributed by atoms with E-state index in [-0.39, 0.29) is 12.3 Å². The lowest BCUT2D eigenvalue weighted by atomic mass is 10.1. The molecule has 2 heterocycles. The van der Waals surface area contributed by atoms with E-state index in [9.17, 15) is 15.0 Å². The molecule has 2 aliphatic heterocycles. The van der Waals surface area contributed by atoms with Gasteiger partial charge in [-0.25, -0.2) is 0 Å². The van der Waals surface area contributed by atoms with Gasteiger partial charge in [0, 0.05) is 19.5 Å². The van der Waals surface area contributed by atoms with Crippen molar-refractivity contribution >= 4 is 5.91 Å². The van der Waals surface area contributed by atoms with Crippen LogP contribution in [-0.2, 0) is 19.0 Å². The van der Waals surface area contributed by atoms with Gasteiger partial charge in [0.15, 0.2) is 18.2 Å².